The molecule has 0 bridgehead atoms. The van der Waals surface area contributed by atoms with Crippen LogP contribution in [0.15, 0.2) is 36.5 Å². The molecular formula is C12H8F3NO. The van der Waals surface area contributed by atoms with Gasteiger partial charge in [-0.1, -0.05) is 18.2 Å². The molecule has 0 fully saturated rings. The molecule has 1 N–H and O–H groups in total. The number of ketones is 1. The van der Waals surface area contributed by atoms with Crippen molar-refractivity contribution in [3.05, 3.63) is 42.1 Å². The maximum atomic E-state index is 12.0. The van der Waals surface area contributed by atoms with Crippen LogP contribution >= 0.6 is 0 Å². The third-order valence-corrected chi connectivity index (χ3v) is 2.31. The Morgan fingerprint density at radius 3 is 2.65 bits per heavy atom. The zero-order chi connectivity index (χ0) is 12.5. The van der Waals surface area contributed by atoms with Gasteiger partial charge in [0.25, 0.3) is 5.78 Å². The molecule has 0 saturated heterocycles. The number of hydrogen-bond donors (Lipinski definition) is 1. The van der Waals surface area contributed by atoms with Gasteiger partial charge in [-0.2, -0.15) is 13.2 Å². The Bertz CT molecular complexity index is 581. The minimum absolute atomic E-state index is 0.537. The van der Waals surface area contributed by atoms with Crippen molar-refractivity contribution >= 4 is 22.8 Å². The van der Waals surface area contributed by atoms with Crippen LogP contribution in [-0.2, 0) is 4.79 Å². The van der Waals surface area contributed by atoms with Crippen molar-refractivity contribution in [1.82, 2.24) is 4.98 Å². The molecular weight excluding hydrogens is 231 g/mol. The van der Waals surface area contributed by atoms with Gasteiger partial charge in [0.1, 0.15) is 0 Å². The summed E-state index contributed by atoms with van der Waals surface area (Å²) >= 11 is 0. The molecule has 0 aliphatic rings. The molecule has 88 valence electrons. The minimum Gasteiger partial charge on any atom is -0.361 e. The standard InChI is InChI=1S/C12H8F3NO/c13-12(14,15)11(17)6-5-8-7-16-10-4-2-1-3-9(8)10/h1-7,16H/b6-5-. The van der Waals surface area contributed by atoms with E-state index in [1.807, 2.05) is 6.07 Å². The molecule has 0 amide bonds. The monoisotopic (exact) mass is 239 g/mol. The van der Waals surface area contributed by atoms with E-state index >= 15 is 0 Å². The lowest BCUT2D eigenvalue weighted by Crippen LogP contribution is -2.19. The van der Waals surface area contributed by atoms with Gasteiger partial charge in [0.05, 0.1) is 0 Å². The van der Waals surface area contributed by atoms with Crippen LogP contribution in [0.25, 0.3) is 17.0 Å². The van der Waals surface area contributed by atoms with Gasteiger partial charge in [-0.3, -0.25) is 4.79 Å². The van der Waals surface area contributed by atoms with Crippen molar-refractivity contribution in [2.45, 2.75) is 6.18 Å². The third-order valence-electron chi connectivity index (χ3n) is 2.31. The average Bonchev–Trinajstić information content (AvgIpc) is 2.68. The normalized spacial score (nSPS) is 12.4. The van der Waals surface area contributed by atoms with Gasteiger partial charge in [0.2, 0.25) is 0 Å². The summed E-state index contributed by atoms with van der Waals surface area (Å²) in [5.41, 5.74) is 1.37. The van der Waals surface area contributed by atoms with Crippen LogP contribution in [0.4, 0.5) is 13.2 Å². The summed E-state index contributed by atoms with van der Waals surface area (Å²) in [4.78, 5) is 13.6. The van der Waals surface area contributed by atoms with Crippen LogP contribution in [0.3, 0.4) is 0 Å². The Kier molecular flexibility index (Phi) is 2.75. The van der Waals surface area contributed by atoms with Crippen molar-refractivity contribution in [3.8, 4) is 0 Å². The SMILES string of the molecule is O=C(/C=C\c1c[nH]c2ccccc12)C(F)(F)F. The lowest BCUT2D eigenvalue weighted by Gasteiger charge is -1.98. The summed E-state index contributed by atoms with van der Waals surface area (Å²) in [6.07, 6.45) is -1.56. The summed E-state index contributed by atoms with van der Waals surface area (Å²) in [5.74, 6) is -1.86. The number of carbonyl (C=O) groups excluding carboxylic acids is 1. The van der Waals surface area contributed by atoms with Crippen LogP contribution in [0.5, 0.6) is 0 Å². The third kappa shape index (κ3) is 2.38. The second kappa shape index (κ2) is 4.08. The maximum absolute atomic E-state index is 12.0. The summed E-state index contributed by atoms with van der Waals surface area (Å²) in [6.45, 7) is 0. The molecule has 17 heavy (non-hydrogen) atoms. The topological polar surface area (TPSA) is 32.9 Å². The van der Waals surface area contributed by atoms with Gasteiger partial charge in [-0.05, 0) is 23.8 Å². The molecule has 1 heterocycles. The molecule has 0 aliphatic heterocycles. The molecule has 0 spiro atoms. The van der Waals surface area contributed by atoms with Gasteiger partial charge < -0.3 is 4.98 Å². The fraction of sp³-hybridized carbons (Fsp3) is 0.0833. The molecule has 0 saturated carbocycles. The Morgan fingerprint density at radius 2 is 1.94 bits per heavy atom. The van der Waals surface area contributed by atoms with Gasteiger partial charge in [-0.25, -0.2) is 0 Å². The molecule has 0 unspecified atom stereocenters. The molecule has 5 heteroatoms. The molecule has 0 radical (unpaired) electrons. The van der Waals surface area contributed by atoms with E-state index in [0.717, 1.165) is 17.0 Å². The summed E-state index contributed by atoms with van der Waals surface area (Å²) < 4.78 is 35.9. The Labute approximate surface area is 94.8 Å². The zero-order valence-corrected chi connectivity index (χ0v) is 8.58. The maximum Gasteiger partial charge on any atom is 0.454 e. The van der Waals surface area contributed by atoms with Crippen LogP contribution in [0, 0.1) is 0 Å². The number of fused-ring (bicyclic) bond motifs is 1. The summed E-state index contributed by atoms with van der Waals surface area (Å²) in [6, 6.07) is 7.16. The number of hydrogen-bond acceptors (Lipinski definition) is 1. The summed E-state index contributed by atoms with van der Waals surface area (Å²) in [5, 5.41) is 0.777. The quantitative estimate of drug-likeness (QED) is 0.801. The first-order valence-corrected chi connectivity index (χ1v) is 4.84. The van der Waals surface area contributed by atoms with Crippen LogP contribution in [0.1, 0.15) is 5.56 Å². The smallest absolute Gasteiger partial charge is 0.361 e. The number of H-pyrrole nitrogens is 1. The highest BCUT2D eigenvalue weighted by atomic mass is 19.4. The number of para-hydroxylation sites is 1. The van der Waals surface area contributed by atoms with E-state index < -0.39 is 12.0 Å². The molecule has 2 rings (SSSR count). The fourth-order valence-electron chi connectivity index (χ4n) is 1.49. The highest BCUT2D eigenvalue weighted by Gasteiger charge is 2.35. The molecule has 1 aromatic carbocycles. The first kappa shape index (κ1) is 11.4. The first-order chi connectivity index (χ1) is 7.98. The van der Waals surface area contributed by atoms with E-state index in [0.29, 0.717) is 11.6 Å². The largest absolute Gasteiger partial charge is 0.454 e. The van der Waals surface area contributed by atoms with Gasteiger partial charge in [-0.15, -0.1) is 0 Å². The molecule has 1 aromatic heterocycles. The lowest BCUT2D eigenvalue weighted by atomic mass is 10.1. The lowest BCUT2D eigenvalue weighted by molar-refractivity contribution is -0.165. The highest BCUT2D eigenvalue weighted by molar-refractivity contribution is 6.00. The number of rotatable bonds is 2. The van der Waals surface area contributed by atoms with Gasteiger partial charge in [0, 0.05) is 17.1 Å². The van der Waals surface area contributed by atoms with E-state index in [2.05, 4.69) is 4.98 Å². The van der Waals surface area contributed by atoms with E-state index in [1.165, 1.54) is 0 Å². The Morgan fingerprint density at radius 1 is 1.24 bits per heavy atom. The van der Waals surface area contributed by atoms with Crippen molar-refractivity contribution in [1.29, 1.82) is 0 Å². The molecule has 0 aliphatic carbocycles. The fourth-order valence-corrected chi connectivity index (χ4v) is 1.49. The summed E-state index contributed by atoms with van der Waals surface area (Å²) in [7, 11) is 0. The van der Waals surface area contributed by atoms with Gasteiger partial charge in [0.15, 0.2) is 0 Å². The number of benzene rings is 1. The number of aromatic amines is 1. The number of halogens is 3. The first-order valence-electron chi connectivity index (χ1n) is 4.84. The average molecular weight is 239 g/mol. The van der Waals surface area contributed by atoms with Crippen LogP contribution < -0.4 is 0 Å². The van der Waals surface area contributed by atoms with E-state index in [4.69, 9.17) is 0 Å². The Hall–Kier alpha value is -2.04. The minimum atomic E-state index is -4.82. The van der Waals surface area contributed by atoms with E-state index in [1.54, 1.807) is 24.4 Å². The van der Waals surface area contributed by atoms with Crippen molar-refractivity contribution < 1.29 is 18.0 Å². The highest BCUT2D eigenvalue weighted by Crippen LogP contribution is 2.21. The Balaban J connectivity index is 2.31. The zero-order valence-electron chi connectivity index (χ0n) is 8.58. The molecule has 2 nitrogen and oxygen atoms in total. The van der Waals surface area contributed by atoms with Gasteiger partial charge >= 0.3 is 6.18 Å². The number of allylic oxidation sites excluding steroid dienone is 1. The van der Waals surface area contributed by atoms with E-state index in [-0.39, 0.29) is 0 Å². The number of aromatic nitrogens is 1. The second-order valence-electron chi connectivity index (χ2n) is 3.48. The predicted molar refractivity (Wildman–Crippen MR) is 58.4 cm³/mol. The van der Waals surface area contributed by atoms with Crippen molar-refractivity contribution in [3.63, 3.8) is 0 Å². The second-order valence-corrected chi connectivity index (χ2v) is 3.48. The number of alkyl halides is 3. The molecule has 0 atom stereocenters. The van der Waals surface area contributed by atoms with E-state index in [9.17, 15) is 18.0 Å². The number of carbonyl (C=O) groups is 1. The number of nitrogens with one attached hydrogen (secondary N) is 1. The predicted octanol–water partition coefficient (Wildman–Crippen LogP) is 3.31. The van der Waals surface area contributed by atoms with Crippen LogP contribution in [0.2, 0.25) is 0 Å². The van der Waals surface area contributed by atoms with Crippen LogP contribution in [-0.4, -0.2) is 16.9 Å². The van der Waals surface area contributed by atoms with Crippen molar-refractivity contribution in [2.75, 3.05) is 0 Å². The van der Waals surface area contributed by atoms with Crippen molar-refractivity contribution in [2.24, 2.45) is 0 Å². The molecule has 2 aromatic rings.